The molecule has 2 N–H and O–H groups in total. The lowest BCUT2D eigenvalue weighted by Crippen LogP contribution is -2.28. The zero-order chi connectivity index (χ0) is 19.7. The summed E-state index contributed by atoms with van der Waals surface area (Å²) in [6, 6.07) is 12.8. The molecule has 7 nitrogen and oxygen atoms in total. The molecule has 0 bridgehead atoms. The van der Waals surface area contributed by atoms with Crippen molar-refractivity contribution in [2.75, 3.05) is 26.8 Å². The van der Waals surface area contributed by atoms with E-state index in [0.29, 0.717) is 17.9 Å². The summed E-state index contributed by atoms with van der Waals surface area (Å²) in [4.78, 5) is 11.9. The van der Waals surface area contributed by atoms with Crippen LogP contribution in [0.15, 0.2) is 53.4 Å². The molecule has 0 saturated carbocycles. The molecule has 0 saturated heterocycles. The van der Waals surface area contributed by atoms with E-state index >= 15 is 0 Å². The van der Waals surface area contributed by atoms with Crippen molar-refractivity contribution in [3.05, 3.63) is 54.1 Å². The molecule has 8 heteroatoms. The van der Waals surface area contributed by atoms with Crippen molar-refractivity contribution in [3.63, 3.8) is 0 Å². The number of carbonyl (C=O) groups excluding carboxylic acids is 1. The van der Waals surface area contributed by atoms with Crippen LogP contribution in [-0.4, -0.2) is 41.1 Å². The molecule has 0 aliphatic rings. The van der Waals surface area contributed by atoms with E-state index in [0.717, 1.165) is 12.2 Å². The van der Waals surface area contributed by atoms with Gasteiger partial charge in [-0.05, 0) is 55.0 Å². The molecule has 0 aliphatic heterocycles. The van der Waals surface area contributed by atoms with Crippen LogP contribution in [0.3, 0.4) is 0 Å². The Morgan fingerprint density at radius 3 is 2.19 bits per heavy atom. The first kappa shape index (κ1) is 20.7. The highest BCUT2D eigenvalue weighted by atomic mass is 32.2. The minimum Gasteiger partial charge on any atom is -0.497 e. The van der Waals surface area contributed by atoms with Crippen LogP contribution in [0, 0.1) is 0 Å². The third-order valence-corrected chi connectivity index (χ3v) is 5.16. The van der Waals surface area contributed by atoms with Gasteiger partial charge in [0.2, 0.25) is 10.0 Å². The molecule has 0 fully saturated rings. The topological polar surface area (TPSA) is 93.7 Å². The molecule has 0 heterocycles. The number of hydrogen-bond acceptors (Lipinski definition) is 5. The summed E-state index contributed by atoms with van der Waals surface area (Å²) in [5.74, 6) is 1.12. The number of amides is 1. The summed E-state index contributed by atoms with van der Waals surface area (Å²) in [5.41, 5.74) is 0.422. The zero-order valence-electron chi connectivity index (χ0n) is 15.4. The fourth-order valence-corrected chi connectivity index (χ4v) is 3.24. The highest BCUT2D eigenvalue weighted by Crippen LogP contribution is 2.16. The van der Waals surface area contributed by atoms with E-state index in [4.69, 9.17) is 9.47 Å². The van der Waals surface area contributed by atoms with Crippen LogP contribution in [0.5, 0.6) is 11.5 Å². The molecule has 2 rings (SSSR count). The molecule has 0 atom stereocenters. The van der Waals surface area contributed by atoms with Crippen molar-refractivity contribution >= 4 is 15.9 Å². The monoisotopic (exact) mass is 392 g/mol. The lowest BCUT2D eigenvalue weighted by Gasteiger charge is -2.10. The molecule has 0 aromatic heterocycles. The predicted molar refractivity (Wildman–Crippen MR) is 103 cm³/mol. The van der Waals surface area contributed by atoms with Gasteiger partial charge < -0.3 is 14.8 Å². The van der Waals surface area contributed by atoms with Crippen LogP contribution >= 0.6 is 0 Å². The molecule has 0 spiro atoms. The first-order valence-electron chi connectivity index (χ1n) is 8.61. The molecule has 1 amide bonds. The van der Waals surface area contributed by atoms with Gasteiger partial charge in [-0.1, -0.05) is 6.92 Å². The summed E-state index contributed by atoms with van der Waals surface area (Å²) in [6.07, 6.45) is 0.834. The smallest absolute Gasteiger partial charge is 0.251 e. The minimum absolute atomic E-state index is 0.0963. The lowest BCUT2D eigenvalue weighted by molar-refractivity contribution is 0.0953. The number of sulfonamides is 1. The Labute approximate surface area is 159 Å². The van der Waals surface area contributed by atoms with E-state index in [1.165, 1.54) is 24.3 Å². The van der Waals surface area contributed by atoms with Gasteiger partial charge in [0.1, 0.15) is 18.1 Å². The fraction of sp³-hybridized carbons (Fsp3) is 0.316. The van der Waals surface area contributed by atoms with E-state index < -0.39 is 10.0 Å². The predicted octanol–water partition coefficient (Wildman–Crippen LogP) is 2.19. The number of hydrogen-bond donors (Lipinski definition) is 2. The van der Waals surface area contributed by atoms with Crippen molar-refractivity contribution in [1.29, 1.82) is 0 Å². The van der Waals surface area contributed by atoms with Crippen LogP contribution in [0.2, 0.25) is 0 Å². The van der Waals surface area contributed by atoms with E-state index in [-0.39, 0.29) is 24.0 Å². The second-order valence-corrected chi connectivity index (χ2v) is 7.47. The average molecular weight is 392 g/mol. The summed E-state index contributed by atoms with van der Waals surface area (Å²) in [5, 5.41) is 2.74. The summed E-state index contributed by atoms with van der Waals surface area (Å²) in [7, 11) is -2.09. The summed E-state index contributed by atoms with van der Waals surface area (Å²) in [6.45, 7) is 2.84. The Morgan fingerprint density at radius 1 is 0.963 bits per heavy atom. The molecule has 27 heavy (non-hydrogen) atoms. The molecule has 146 valence electrons. The Hall–Kier alpha value is -2.58. The van der Waals surface area contributed by atoms with Gasteiger partial charge in [0.05, 0.1) is 12.0 Å². The van der Waals surface area contributed by atoms with Crippen molar-refractivity contribution in [1.82, 2.24) is 10.0 Å². The third kappa shape index (κ3) is 6.26. The van der Waals surface area contributed by atoms with Gasteiger partial charge in [0.25, 0.3) is 5.91 Å². The zero-order valence-corrected chi connectivity index (χ0v) is 16.2. The Morgan fingerprint density at radius 2 is 1.59 bits per heavy atom. The number of benzene rings is 2. The molecule has 0 radical (unpaired) electrons. The van der Waals surface area contributed by atoms with Crippen molar-refractivity contribution in [3.8, 4) is 11.5 Å². The molecule has 2 aromatic rings. The van der Waals surface area contributed by atoms with Gasteiger partial charge in [-0.15, -0.1) is 0 Å². The highest BCUT2D eigenvalue weighted by Gasteiger charge is 2.14. The van der Waals surface area contributed by atoms with Crippen LogP contribution in [0.4, 0.5) is 0 Å². The first-order chi connectivity index (χ1) is 13.0. The van der Waals surface area contributed by atoms with Gasteiger partial charge in [-0.25, -0.2) is 13.1 Å². The Kier molecular flexibility index (Phi) is 7.63. The van der Waals surface area contributed by atoms with Gasteiger partial charge in [0, 0.05) is 18.7 Å². The standard InChI is InChI=1S/C19H24N2O5S/c1-3-12-20-19(22)15-4-10-18(11-5-15)27(23,24)21-13-14-26-17-8-6-16(25-2)7-9-17/h4-11,21H,3,12-14H2,1-2H3,(H,20,22). The number of rotatable bonds is 10. The molecule has 2 aromatic carbocycles. The molecule has 0 aliphatic carbocycles. The number of ether oxygens (including phenoxy) is 2. The van der Waals surface area contributed by atoms with Gasteiger partial charge in [-0.2, -0.15) is 0 Å². The fourth-order valence-electron chi connectivity index (χ4n) is 2.23. The SMILES string of the molecule is CCCNC(=O)c1ccc(S(=O)(=O)NCCOc2ccc(OC)cc2)cc1. The number of carbonyl (C=O) groups is 1. The van der Waals surface area contributed by atoms with Crippen molar-refractivity contribution < 1.29 is 22.7 Å². The van der Waals surface area contributed by atoms with Crippen molar-refractivity contribution in [2.45, 2.75) is 18.2 Å². The van der Waals surface area contributed by atoms with E-state index in [1.54, 1.807) is 31.4 Å². The van der Waals surface area contributed by atoms with Crippen LogP contribution in [0.25, 0.3) is 0 Å². The maximum Gasteiger partial charge on any atom is 0.251 e. The Bertz CT molecular complexity index is 833. The van der Waals surface area contributed by atoms with Crippen LogP contribution < -0.4 is 19.5 Å². The van der Waals surface area contributed by atoms with Gasteiger partial charge in [0.15, 0.2) is 0 Å². The van der Waals surface area contributed by atoms with E-state index in [9.17, 15) is 13.2 Å². The Balaban J connectivity index is 1.85. The van der Waals surface area contributed by atoms with Crippen LogP contribution in [0.1, 0.15) is 23.7 Å². The number of nitrogens with one attached hydrogen (secondary N) is 2. The molecular weight excluding hydrogens is 368 g/mol. The summed E-state index contributed by atoms with van der Waals surface area (Å²) >= 11 is 0. The minimum atomic E-state index is -3.67. The quantitative estimate of drug-likeness (QED) is 0.605. The molecular formula is C19H24N2O5S. The summed E-state index contributed by atoms with van der Waals surface area (Å²) < 4.78 is 37.6. The second kappa shape index (κ2) is 9.94. The lowest BCUT2D eigenvalue weighted by atomic mass is 10.2. The second-order valence-electron chi connectivity index (χ2n) is 5.70. The largest absolute Gasteiger partial charge is 0.497 e. The maximum atomic E-state index is 12.3. The average Bonchev–Trinajstić information content (AvgIpc) is 2.70. The maximum absolute atomic E-state index is 12.3. The van der Waals surface area contributed by atoms with Crippen molar-refractivity contribution in [2.24, 2.45) is 0 Å². The van der Waals surface area contributed by atoms with Crippen LogP contribution in [-0.2, 0) is 10.0 Å². The van der Waals surface area contributed by atoms with Gasteiger partial charge >= 0.3 is 0 Å². The van der Waals surface area contributed by atoms with E-state index in [1.807, 2.05) is 6.92 Å². The van der Waals surface area contributed by atoms with Gasteiger partial charge in [-0.3, -0.25) is 4.79 Å². The number of methoxy groups -OCH3 is 1. The normalized spacial score (nSPS) is 11.0. The molecule has 0 unspecified atom stereocenters. The third-order valence-electron chi connectivity index (χ3n) is 3.68. The first-order valence-corrected chi connectivity index (χ1v) is 10.1. The van der Waals surface area contributed by atoms with E-state index in [2.05, 4.69) is 10.0 Å². The highest BCUT2D eigenvalue weighted by molar-refractivity contribution is 7.89.